The number of halogens is 5. The van der Waals surface area contributed by atoms with Gasteiger partial charge in [-0.1, -0.05) is 133 Å². The van der Waals surface area contributed by atoms with E-state index < -0.39 is 40.2 Å². The van der Waals surface area contributed by atoms with Crippen LogP contribution in [0.25, 0.3) is 111 Å². The van der Waals surface area contributed by atoms with Crippen molar-refractivity contribution in [2.45, 2.75) is 0 Å². The fourth-order valence-corrected chi connectivity index (χ4v) is 9.58. The first-order chi connectivity index (χ1) is 33.8. The molecule has 0 spiro atoms. The molecule has 12 rings (SSSR count). The fourth-order valence-electron chi connectivity index (χ4n) is 9.58. The summed E-state index contributed by atoms with van der Waals surface area (Å²) in [5, 5.41) is 14.2. The van der Waals surface area contributed by atoms with Crippen molar-refractivity contribution >= 4 is 43.6 Å². The molecule has 328 valence electrons. The van der Waals surface area contributed by atoms with Crippen LogP contribution in [0.3, 0.4) is 0 Å². The highest BCUT2D eigenvalue weighted by molar-refractivity contribution is 6.13. The van der Waals surface area contributed by atoms with Crippen LogP contribution >= 0.6 is 0 Å². The van der Waals surface area contributed by atoms with Gasteiger partial charge in [0.25, 0.3) is 0 Å². The van der Waals surface area contributed by atoms with Gasteiger partial charge in [0.1, 0.15) is 0 Å². The number of hydrogen-bond donors (Lipinski definition) is 0. The van der Waals surface area contributed by atoms with Crippen molar-refractivity contribution in [3.63, 3.8) is 0 Å². The van der Waals surface area contributed by atoms with Crippen molar-refractivity contribution in [2.75, 3.05) is 0 Å². The average Bonchev–Trinajstić information content (AvgIpc) is 3.92. The number of benzene rings is 8. The molecule has 0 aliphatic rings. The predicted molar refractivity (Wildman–Crippen MR) is 262 cm³/mol. The van der Waals surface area contributed by atoms with Gasteiger partial charge in [0, 0.05) is 61.8 Å². The van der Waals surface area contributed by atoms with Crippen LogP contribution in [-0.4, -0.2) is 19.1 Å². The predicted octanol–water partition coefficient (Wildman–Crippen LogP) is 15.6. The van der Waals surface area contributed by atoms with Crippen molar-refractivity contribution in [3.8, 4) is 73.3 Å². The summed E-state index contributed by atoms with van der Waals surface area (Å²) in [5.41, 5.74) is 8.38. The van der Waals surface area contributed by atoms with Crippen molar-refractivity contribution in [1.82, 2.24) is 19.1 Å². The molecule has 4 heterocycles. The van der Waals surface area contributed by atoms with E-state index in [1.807, 2.05) is 191 Å². The van der Waals surface area contributed by atoms with Gasteiger partial charge < -0.3 is 9.13 Å². The Bertz CT molecular complexity index is 4030. The third kappa shape index (κ3) is 6.66. The minimum Gasteiger partial charge on any atom is -0.307 e. The van der Waals surface area contributed by atoms with E-state index in [0.29, 0.717) is 22.4 Å². The van der Waals surface area contributed by atoms with E-state index in [4.69, 9.17) is 9.97 Å². The van der Waals surface area contributed by atoms with E-state index in [9.17, 15) is 9.65 Å². The zero-order valence-electron chi connectivity index (χ0n) is 36.1. The molecule has 0 saturated heterocycles. The minimum absolute atomic E-state index is 0.302. The Morgan fingerprint density at radius 2 is 0.768 bits per heavy atom. The summed E-state index contributed by atoms with van der Waals surface area (Å²) in [7, 11) is 0. The molecule has 0 atom stereocenters. The van der Waals surface area contributed by atoms with E-state index in [-0.39, 0.29) is 5.56 Å². The average molecular weight is 906 g/mol. The molecule has 0 fully saturated rings. The summed E-state index contributed by atoms with van der Waals surface area (Å²) in [5.74, 6) is -10.6. The quantitative estimate of drug-likeness (QED) is 0.0909. The molecular formula is C59H32F5N5. The third-order valence-electron chi connectivity index (χ3n) is 12.9. The molecule has 0 aliphatic carbocycles. The first-order valence-corrected chi connectivity index (χ1v) is 22.0. The maximum atomic E-state index is 16.0. The lowest BCUT2D eigenvalue weighted by molar-refractivity contribution is 0.381. The highest BCUT2D eigenvalue weighted by atomic mass is 19.2. The minimum atomic E-state index is -2.30. The topological polar surface area (TPSA) is 59.4 Å². The maximum absolute atomic E-state index is 16.0. The smallest absolute Gasteiger partial charge is 0.200 e. The van der Waals surface area contributed by atoms with Crippen LogP contribution < -0.4 is 0 Å². The van der Waals surface area contributed by atoms with Gasteiger partial charge in [0.15, 0.2) is 23.3 Å². The monoisotopic (exact) mass is 905 g/mol. The first kappa shape index (κ1) is 41.2. The Balaban J connectivity index is 1.15. The third-order valence-corrected chi connectivity index (χ3v) is 12.9. The Morgan fingerprint density at radius 3 is 1.22 bits per heavy atom. The van der Waals surface area contributed by atoms with Crippen LogP contribution in [0.2, 0.25) is 0 Å². The van der Waals surface area contributed by atoms with Gasteiger partial charge in [-0.3, -0.25) is 9.97 Å². The highest BCUT2D eigenvalue weighted by Crippen LogP contribution is 2.44. The standard InChI is InChI=1S/C59H32F5N5/c60-55-54(56(61)58(63)59(64)57(55)62)45-30-53(69-49-18-10-8-16-42(49)44-24-20-37(28-51(44)69)39-22-26-47(67-33-39)35-13-5-2-6-14-35)52(29-40(45)31-65)68-48-17-9-7-15-41(48)43-23-19-36(27-50(43)68)38-21-25-46(66-32-38)34-11-3-1-4-12-34/h1-30,32-33H. The second-order valence-electron chi connectivity index (χ2n) is 16.7. The van der Waals surface area contributed by atoms with Gasteiger partial charge in [-0.15, -0.1) is 0 Å². The molecule has 5 nitrogen and oxygen atoms in total. The Hall–Kier alpha value is -9.20. The molecule has 8 aromatic carbocycles. The lowest BCUT2D eigenvalue weighted by atomic mass is 9.96. The number of hydrogen-bond acceptors (Lipinski definition) is 3. The molecule has 69 heavy (non-hydrogen) atoms. The first-order valence-electron chi connectivity index (χ1n) is 22.0. The van der Waals surface area contributed by atoms with E-state index in [1.54, 1.807) is 6.20 Å². The van der Waals surface area contributed by atoms with E-state index in [2.05, 4.69) is 0 Å². The summed E-state index contributed by atoms with van der Waals surface area (Å²) < 4.78 is 80.8. The number of rotatable bonds is 7. The SMILES string of the molecule is N#Cc1cc(-n2c3ccccc3c3ccc(-c4ccc(-c5ccccc5)nc4)cc32)c(-n2c3ccccc3c3ccc(-c4ccc(-c5ccccc5)nc4)cc32)cc1-c1c(F)c(F)c(F)c(F)c1F. The number of nitrogens with zero attached hydrogens (tertiary/aromatic N) is 5. The number of aromatic nitrogens is 4. The number of para-hydroxylation sites is 2. The second kappa shape index (κ2) is 16.3. The summed E-state index contributed by atoms with van der Waals surface area (Å²) in [6.45, 7) is 0. The summed E-state index contributed by atoms with van der Waals surface area (Å²) in [6.07, 6.45) is 3.61. The molecule has 0 aliphatic heterocycles. The molecule has 12 aromatic rings. The number of pyridine rings is 2. The zero-order valence-corrected chi connectivity index (χ0v) is 36.1. The van der Waals surface area contributed by atoms with Gasteiger partial charge >= 0.3 is 0 Å². The van der Waals surface area contributed by atoms with Gasteiger partial charge in [-0.25, -0.2) is 22.0 Å². The molecule has 0 amide bonds. The van der Waals surface area contributed by atoms with E-state index in [1.165, 1.54) is 12.1 Å². The fraction of sp³-hybridized carbons (Fsp3) is 0. The number of nitriles is 1. The number of fused-ring (bicyclic) bond motifs is 6. The molecule has 0 unspecified atom stereocenters. The zero-order chi connectivity index (χ0) is 46.9. The summed E-state index contributed by atoms with van der Waals surface area (Å²) >= 11 is 0. The van der Waals surface area contributed by atoms with Gasteiger partial charge in [0.2, 0.25) is 5.82 Å². The molecular weight excluding hydrogens is 874 g/mol. The molecule has 0 radical (unpaired) electrons. The molecule has 0 saturated carbocycles. The molecule has 4 aromatic heterocycles. The van der Waals surface area contributed by atoms with Crippen LogP contribution in [-0.2, 0) is 0 Å². The van der Waals surface area contributed by atoms with E-state index >= 15 is 17.6 Å². The lowest BCUT2D eigenvalue weighted by Gasteiger charge is -2.20. The van der Waals surface area contributed by atoms with Crippen LogP contribution in [0.1, 0.15) is 5.56 Å². The van der Waals surface area contributed by atoms with Crippen molar-refractivity contribution < 1.29 is 22.0 Å². The van der Waals surface area contributed by atoms with Crippen molar-refractivity contribution in [3.05, 3.63) is 229 Å². The van der Waals surface area contributed by atoms with Gasteiger partial charge in [-0.05, 0) is 59.7 Å². The van der Waals surface area contributed by atoms with Crippen LogP contribution in [0.5, 0.6) is 0 Å². The maximum Gasteiger partial charge on any atom is 0.200 e. The largest absolute Gasteiger partial charge is 0.307 e. The van der Waals surface area contributed by atoms with Crippen molar-refractivity contribution in [1.29, 1.82) is 5.26 Å². The van der Waals surface area contributed by atoms with E-state index in [0.717, 1.165) is 77.3 Å². The Morgan fingerprint density at radius 1 is 0.362 bits per heavy atom. The second-order valence-corrected chi connectivity index (χ2v) is 16.7. The van der Waals surface area contributed by atoms with Gasteiger partial charge in [0.05, 0.1) is 62.0 Å². The van der Waals surface area contributed by atoms with Crippen LogP contribution in [0.15, 0.2) is 194 Å². The van der Waals surface area contributed by atoms with Crippen LogP contribution in [0, 0.1) is 40.4 Å². The molecule has 10 heteroatoms. The summed E-state index contributed by atoms with van der Waals surface area (Å²) in [4.78, 5) is 9.57. The normalized spacial score (nSPS) is 11.5. The highest BCUT2D eigenvalue weighted by Gasteiger charge is 2.30. The molecule has 0 bridgehead atoms. The Labute approximate surface area is 390 Å². The Kier molecular flexibility index (Phi) is 9.74. The van der Waals surface area contributed by atoms with Gasteiger partial charge in [-0.2, -0.15) is 5.26 Å². The van der Waals surface area contributed by atoms with Crippen LogP contribution in [0.4, 0.5) is 22.0 Å². The lowest BCUT2D eigenvalue weighted by Crippen LogP contribution is -2.08. The summed E-state index contributed by atoms with van der Waals surface area (Å²) in [6, 6.07) is 59.9. The van der Waals surface area contributed by atoms with Crippen molar-refractivity contribution in [2.24, 2.45) is 0 Å². The molecule has 0 N–H and O–H groups in total.